The maximum atomic E-state index is 5.96. The van der Waals surface area contributed by atoms with E-state index in [1.54, 1.807) is 7.11 Å². The van der Waals surface area contributed by atoms with Gasteiger partial charge in [-0.1, -0.05) is 12.1 Å². The van der Waals surface area contributed by atoms with Gasteiger partial charge in [0.15, 0.2) is 5.82 Å². The molecule has 5 nitrogen and oxygen atoms in total. The van der Waals surface area contributed by atoms with Crippen LogP contribution in [0.25, 0.3) is 0 Å². The molecule has 0 radical (unpaired) electrons. The lowest BCUT2D eigenvalue weighted by molar-refractivity contribution is 0.188. The predicted octanol–water partition coefficient (Wildman–Crippen LogP) is 1.55. The molecule has 0 saturated heterocycles. The van der Waals surface area contributed by atoms with Crippen LogP contribution in [0.15, 0.2) is 4.52 Å². The fourth-order valence-electron chi connectivity index (χ4n) is 1.61. The quantitative estimate of drug-likeness (QED) is 0.743. The first-order chi connectivity index (χ1) is 7.65. The molecule has 1 aromatic heterocycles. The van der Waals surface area contributed by atoms with Gasteiger partial charge in [0.25, 0.3) is 0 Å². The number of nitrogens with zero attached hydrogens (tertiary/aromatic N) is 2. The van der Waals surface area contributed by atoms with Gasteiger partial charge in [0.1, 0.15) is 0 Å². The first kappa shape index (κ1) is 11.5. The minimum Gasteiger partial charge on any atom is -0.385 e. The van der Waals surface area contributed by atoms with Gasteiger partial charge in [0.05, 0.1) is 6.04 Å². The molecule has 1 fully saturated rings. The van der Waals surface area contributed by atoms with Crippen molar-refractivity contribution in [3.63, 3.8) is 0 Å². The summed E-state index contributed by atoms with van der Waals surface area (Å²) >= 11 is 0. The second kappa shape index (κ2) is 4.51. The summed E-state index contributed by atoms with van der Waals surface area (Å²) in [6.45, 7) is 2.87. The van der Waals surface area contributed by atoms with Crippen LogP contribution >= 0.6 is 0 Å². The maximum Gasteiger partial charge on any atom is 0.243 e. The average molecular weight is 225 g/mol. The Morgan fingerprint density at radius 2 is 2.31 bits per heavy atom. The zero-order valence-electron chi connectivity index (χ0n) is 9.90. The molecule has 0 bridgehead atoms. The molecule has 1 aromatic rings. The number of nitrogens with two attached hydrogens (primary N) is 1. The van der Waals surface area contributed by atoms with Gasteiger partial charge in [-0.25, -0.2) is 0 Å². The van der Waals surface area contributed by atoms with Gasteiger partial charge in [-0.2, -0.15) is 4.98 Å². The SMILES string of the molecule is COCCCC(N)c1nc(C2(C)CC2)no1. The topological polar surface area (TPSA) is 74.2 Å². The van der Waals surface area contributed by atoms with Crippen molar-refractivity contribution in [2.24, 2.45) is 5.73 Å². The van der Waals surface area contributed by atoms with Crippen LogP contribution in [-0.4, -0.2) is 23.9 Å². The van der Waals surface area contributed by atoms with Crippen LogP contribution in [-0.2, 0) is 10.2 Å². The molecule has 1 saturated carbocycles. The molecule has 2 rings (SSSR count). The summed E-state index contributed by atoms with van der Waals surface area (Å²) in [6, 6.07) is -0.168. The van der Waals surface area contributed by atoms with Crippen molar-refractivity contribution in [2.75, 3.05) is 13.7 Å². The number of hydrogen-bond donors (Lipinski definition) is 1. The van der Waals surface area contributed by atoms with E-state index in [9.17, 15) is 0 Å². The van der Waals surface area contributed by atoms with Crippen molar-refractivity contribution in [1.82, 2.24) is 10.1 Å². The van der Waals surface area contributed by atoms with Gasteiger partial charge in [0, 0.05) is 19.1 Å². The first-order valence-electron chi connectivity index (χ1n) is 5.74. The fourth-order valence-corrected chi connectivity index (χ4v) is 1.61. The van der Waals surface area contributed by atoms with Crippen LogP contribution in [0.4, 0.5) is 0 Å². The molecular weight excluding hydrogens is 206 g/mol. The van der Waals surface area contributed by atoms with Crippen molar-refractivity contribution in [1.29, 1.82) is 0 Å². The standard InChI is InChI=1S/C11H19N3O2/c1-11(5-6-11)10-13-9(16-14-10)8(12)4-3-7-15-2/h8H,3-7,12H2,1-2H3. The Labute approximate surface area is 95.3 Å². The molecule has 2 N–H and O–H groups in total. The van der Waals surface area contributed by atoms with Crippen molar-refractivity contribution >= 4 is 0 Å². The largest absolute Gasteiger partial charge is 0.385 e. The van der Waals surface area contributed by atoms with Gasteiger partial charge in [-0.15, -0.1) is 0 Å². The van der Waals surface area contributed by atoms with Gasteiger partial charge < -0.3 is 15.0 Å². The Balaban J connectivity index is 1.91. The molecule has 0 amide bonds. The first-order valence-corrected chi connectivity index (χ1v) is 5.74. The fraction of sp³-hybridized carbons (Fsp3) is 0.818. The van der Waals surface area contributed by atoms with Gasteiger partial charge in [0.2, 0.25) is 5.89 Å². The molecule has 5 heteroatoms. The summed E-state index contributed by atoms with van der Waals surface area (Å²) in [5.74, 6) is 1.36. The van der Waals surface area contributed by atoms with Crippen LogP contribution < -0.4 is 5.73 Å². The molecule has 0 aliphatic heterocycles. The Morgan fingerprint density at radius 1 is 1.56 bits per heavy atom. The van der Waals surface area contributed by atoms with Crippen molar-refractivity contribution < 1.29 is 9.26 Å². The highest BCUT2D eigenvalue weighted by atomic mass is 16.5. The molecule has 0 spiro atoms. The highest BCUT2D eigenvalue weighted by Crippen LogP contribution is 2.46. The zero-order valence-corrected chi connectivity index (χ0v) is 9.90. The Bertz CT molecular complexity index is 347. The highest BCUT2D eigenvalue weighted by molar-refractivity contribution is 5.14. The molecule has 90 valence electrons. The van der Waals surface area contributed by atoms with Gasteiger partial charge in [-0.3, -0.25) is 0 Å². The third-order valence-electron chi connectivity index (χ3n) is 3.16. The van der Waals surface area contributed by atoms with E-state index >= 15 is 0 Å². The lowest BCUT2D eigenvalue weighted by atomic mass is 10.1. The Morgan fingerprint density at radius 3 is 2.94 bits per heavy atom. The lowest BCUT2D eigenvalue weighted by Crippen LogP contribution is -2.12. The van der Waals surface area contributed by atoms with E-state index in [4.69, 9.17) is 15.0 Å². The second-order valence-electron chi connectivity index (χ2n) is 4.76. The van der Waals surface area contributed by atoms with E-state index < -0.39 is 0 Å². The van der Waals surface area contributed by atoms with Crippen molar-refractivity contribution in [3.05, 3.63) is 11.7 Å². The average Bonchev–Trinajstić information content (AvgIpc) is 2.84. The third-order valence-corrected chi connectivity index (χ3v) is 3.16. The van der Waals surface area contributed by atoms with E-state index in [-0.39, 0.29) is 11.5 Å². The highest BCUT2D eigenvalue weighted by Gasteiger charge is 2.43. The third kappa shape index (κ3) is 2.41. The van der Waals surface area contributed by atoms with E-state index in [0.717, 1.165) is 31.5 Å². The summed E-state index contributed by atoms with van der Waals surface area (Å²) in [4.78, 5) is 4.38. The number of hydrogen-bond acceptors (Lipinski definition) is 5. The van der Waals surface area contributed by atoms with Crippen LogP contribution in [0.3, 0.4) is 0 Å². The van der Waals surface area contributed by atoms with Gasteiger partial charge >= 0.3 is 0 Å². The molecule has 1 unspecified atom stereocenters. The van der Waals surface area contributed by atoms with Crippen LogP contribution in [0, 0.1) is 0 Å². The number of ether oxygens (including phenoxy) is 1. The predicted molar refractivity (Wildman–Crippen MR) is 58.9 cm³/mol. The summed E-state index contributed by atoms with van der Waals surface area (Å²) in [5, 5.41) is 4.00. The van der Waals surface area contributed by atoms with Crippen molar-refractivity contribution in [2.45, 2.75) is 44.1 Å². The smallest absolute Gasteiger partial charge is 0.243 e. The maximum absolute atomic E-state index is 5.96. The second-order valence-corrected chi connectivity index (χ2v) is 4.76. The van der Waals surface area contributed by atoms with Crippen LogP contribution in [0.1, 0.15) is 50.4 Å². The molecule has 0 aromatic carbocycles. The molecule has 16 heavy (non-hydrogen) atoms. The lowest BCUT2D eigenvalue weighted by Gasteiger charge is -2.05. The molecule has 1 heterocycles. The summed E-state index contributed by atoms with van der Waals surface area (Å²) in [5.41, 5.74) is 6.11. The van der Waals surface area contributed by atoms with E-state index in [2.05, 4.69) is 17.1 Å². The minimum absolute atomic E-state index is 0.147. The van der Waals surface area contributed by atoms with E-state index in [1.807, 2.05) is 0 Å². The monoisotopic (exact) mass is 225 g/mol. The number of rotatable bonds is 6. The van der Waals surface area contributed by atoms with Gasteiger partial charge in [-0.05, 0) is 25.7 Å². The van der Waals surface area contributed by atoms with Crippen LogP contribution in [0.5, 0.6) is 0 Å². The minimum atomic E-state index is -0.168. The van der Waals surface area contributed by atoms with Crippen molar-refractivity contribution in [3.8, 4) is 0 Å². The molecule has 1 aliphatic rings. The van der Waals surface area contributed by atoms with E-state index in [1.165, 1.54) is 0 Å². The number of methoxy groups -OCH3 is 1. The Hall–Kier alpha value is -0.940. The summed E-state index contributed by atoms with van der Waals surface area (Å²) < 4.78 is 10.2. The van der Waals surface area contributed by atoms with E-state index in [0.29, 0.717) is 12.5 Å². The molecular formula is C11H19N3O2. The normalized spacial score (nSPS) is 19.7. The molecule has 1 atom stereocenters. The number of aromatic nitrogens is 2. The molecule has 1 aliphatic carbocycles. The summed E-state index contributed by atoms with van der Waals surface area (Å²) in [7, 11) is 1.68. The Kier molecular flexibility index (Phi) is 3.25. The van der Waals surface area contributed by atoms with Crippen LogP contribution in [0.2, 0.25) is 0 Å². The summed E-state index contributed by atoms with van der Waals surface area (Å²) in [6.07, 6.45) is 4.01. The zero-order chi connectivity index (χ0) is 11.6.